The Morgan fingerprint density at radius 1 is 1.43 bits per heavy atom. The fraction of sp³-hybridized carbons (Fsp3) is 0.455. The molecule has 0 amide bonds. The lowest BCUT2D eigenvalue weighted by Gasteiger charge is -2.30. The number of hydrogen-bond acceptors (Lipinski definition) is 1. The van der Waals surface area contributed by atoms with Crippen LogP contribution in [0.1, 0.15) is 26.3 Å². The van der Waals surface area contributed by atoms with Gasteiger partial charge >= 0.3 is 0 Å². The molecule has 78 valence electrons. The van der Waals surface area contributed by atoms with E-state index < -0.39 is 0 Å². The molecule has 1 rings (SSSR count). The van der Waals surface area contributed by atoms with Gasteiger partial charge in [0.05, 0.1) is 4.47 Å². The topological polar surface area (TPSA) is 26.0 Å². The highest BCUT2D eigenvalue weighted by Crippen LogP contribution is 2.31. The van der Waals surface area contributed by atoms with Crippen LogP contribution >= 0.6 is 15.9 Å². The average molecular weight is 260 g/mol. The summed E-state index contributed by atoms with van der Waals surface area (Å²) in [7, 11) is 0. The summed E-state index contributed by atoms with van der Waals surface area (Å²) in [6.45, 7) is 5.78. The molecule has 1 atom stereocenters. The predicted molar refractivity (Wildman–Crippen MR) is 60.8 cm³/mol. The number of rotatable bonds is 2. The number of nitrogens with two attached hydrogens (primary N) is 1. The maximum atomic E-state index is 13.8. The lowest BCUT2D eigenvalue weighted by molar-refractivity contribution is 0.411. The van der Waals surface area contributed by atoms with Crippen molar-refractivity contribution in [3.05, 3.63) is 34.1 Å². The smallest absolute Gasteiger partial charge is 0.141 e. The van der Waals surface area contributed by atoms with Gasteiger partial charge in [-0.1, -0.05) is 26.0 Å². The van der Waals surface area contributed by atoms with Gasteiger partial charge in [0.15, 0.2) is 0 Å². The van der Waals surface area contributed by atoms with Gasteiger partial charge in [0.2, 0.25) is 0 Å². The van der Waals surface area contributed by atoms with Crippen molar-refractivity contribution in [1.29, 1.82) is 0 Å². The van der Waals surface area contributed by atoms with Gasteiger partial charge in [-0.15, -0.1) is 0 Å². The second kappa shape index (κ2) is 3.99. The molecule has 2 N–H and O–H groups in total. The molecule has 3 heteroatoms. The van der Waals surface area contributed by atoms with E-state index in [-0.39, 0.29) is 17.3 Å². The number of hydrogen-bond donors (Lipinski definition) is 1. The Balaban J connectivity index is 3.26. The monoisotopic (exact) mass is 259 g/mol. The summed E-state index contributed by atoms with van der Waals surface area (Å²) in [5.41, 5.74) is 6.14. The standard InChI is InChI=1S/C11H15BrFN/c1-7(14)11(2,3)8-5-4-6-9(12)10(8)13/h4-7H,14H2,1-3H3. The second-order valence-corrected chi connectivity index (χ2v) is 4.97. The van der Waals surface area contributed by atoms with Crippen LogP contribution in [0.4, 0.5) is 4.39 Å². The first-order valence-corrected chi connectivity index (χ1v) is 5.36. The molecule has 0 fully saturated rings. The highest BCUT2D eigenvalue weighted by molar-refractivity contribution is 9.10. The summed E-state index contributed by atoms with van der Waals surface area (Å²) in [6, 6.07) is 5.21. The van der Waals surface area contributed by atoms with Crippen LogP contribution < -0.4 is 5.73 Å². The highest BCUT2D eigenvalue weighted by Gasteiger charge is 2.28. The van der Waals surface area contributed by atoms with E-state index in [2.05, 4.69) is 15.9 Å². The fourth-order valence-electron chi connectivity index (χ4n) is 1.25. The molecule has 0 aliphatic rings. The minimum absolute atomic E-state index is 0.0914. The number of halogens is 2. The van der Waals surface area contributed by atoms with Crippen LogP contribution in [0.5, 0.6) is 0 Å². The van der Waals surface area contributed by atoms with Crippen molar-refractivity contribution in [3.63, 3.8) is 0 Å². The van der Waals surface area contributed by atoms with Crippen LogP contribution in [0.3, 0.4) is 0 Å². The van der Waals surface area contributed by atoms with Gasteiger partial charge < -0.3 is 5.73 Å². The van der Waals surface area contributed by atoms with Crippen LogP contribution in [-0.4, -0.2) is 6.04 Å². The first kappa shape index (κ1) is 11.7. The normalized spacial score (nSPS) is 14.1. The van der Waals surface area contributed by atoms with Gasteiger partial charge in [-0.3, -0.25) is 0 Å². The lowest BCUT2D eigenvalue weighted by atomic mass is 9.79. The van der Waals surface area contributed by atoms with Crippen LogP contribution in [0, 0.1) is 5.82 Å². The Labute approximate surface area is 92.6 Å². The Kier molecular flexibility index (Phi) is 3.32. The summed E-state index contributed by atoms with van der Waals surface area (Å²) in [4.78, 5) is 0. The fourth-order valence-corrected chi connectivity index (χ4v) is 1.61. The predicted octanol–water partition coefficient (Wildman–Crippen LogP) is 3.21. The van der Waals surface area contributed by atoms with Gasteiger partial charge in [0.25, 0.3) is 0 Å². The SMILES string of the molecule is CC(N)C(C)(C)c1cccc(Br)c1F. The zero-order valence-electron chi connectivity index (χ0n) is 8.64. The maximum absolute atomic E-state index is 13.8. The van der Waals surface area contributed by atoms with E-state index in [1.54, 1.807) is 12.1 Å². The molecule has 0 aliphatic heterocycles. The zero-order valence-corrected chi connectivity index (χ0v) is 10.2. The number of benzene rings is 1. The Hall–Kier alpha value is -0.410. The summed E-state index contributed by atoms with van der Waals surface area (Å²) in [5, 5.41) is 0. The molecular formula is C11H15BrFN. The zero-order chi connectivity index (χ0) is 10.9. The van der Waals surface area contributed by atoms with Crippen molar-refractivity contribution in [2.75, 3.05) is 0 Å². The molecule has 0 aliphatic carbocycles. The van der Waals surface area contributed by atoms with Gasteiger partial charge in [0, 0.05) is 11.5 Å². The Bertz CT molecular complexity index is 334. The van der Waals surface area contributed by atoms with E-state index in [1.807, 2.05) is 26.8 Å². The summed E-state index contributed by atoms with van der Waals surface area (Å²) >= 11 is 3.17. The van der Waals surface area contributed by atoms with E-state index >= 15 is 0 Å². The molecule has 0 saturated heterocycles. The molecule has 0 bridgehead atoms. The van der Waals surface area contributed by atoms with Crippen molar-refractivity contribution >= 4 is 15.9 Å². The van der Waals surface area contributed by atoms with Crippen molar-refractivity contribution < 1.29 is 4.39 Å². The highest BCUT2D eigenvalue weighted by atomic mass is 79.9. The van der Waals surface area contributed by atoms with E-state index in [4.69, 9.17) is 5.73 Å². The van der Waals surface area contributed by atoms with Gasteiger partial charge in [0.1, 0.15) is 5.82 Å². The largest absolute Gasteiger partial charge is 0.327 e. The minimum atomic E-state index is -0.353. The lowest BCUT2D eigenvalue weighted by Crippen LogP contribution is -2.38. The first-order chi connectivity index (χ1) is 6.37. The molecule has 0 spiro atoms. The summed E-state index contributed by atoms with van der Waals surface area (Å²) in [6.07, 6.45) is 0. The van der Waals surface area contributed by atoms with Crippen LogP contribution in [0.25, 0.3) is 0 Å². The molecule has 14 heavy (non-hydrogen) atoms. The van der Waals surface area contributed by atoms with Crippen molar-refractivity contribution in [2.45, 2.75) is 32.2 Å². The van der Waals surface area contributed by atoms with E-state index in [0.29, 0.717) is 10.0 Å². The maximum Gasteiger partial charge on any atom is 0.141 e. The van der Waals surface area contributed by atoms with Crippen molar-refractivity contribution in [2.24, 2.45) is 5.73 Å². The molecule has 0 heterocycles. The molecular weight excluding hydrogens is 245 g/mol. The van der Waals surface area contributed by atoms with Crippen LogP contribution in [-0.2, 0) is 5.41 Å². The second-order valence-electron chi connectivity index (χ2n) is 4.11. The average Bonchev–Trinajstić information content (AvgIpc) is 2.09. The summed E-state index contributed by atoms with van der Waals surface area (Å²) < 4.78 is 14.2. The van der Waals surface area contributed by atoms with E-state index in [1.165, 1.54) is 0 Å². The van der Waals surface area contributed by atoms with E-state index in [0.717, 1.165) is 0 Å². The van der Waals surface area contributed by atoms with Crippen molar-refractivity contribution in [1.82, 2.24) is 0 Å². The first-order valence-electron chi connectivity index (χ1n) is 4.57. The Morgan fingerprint density at radius 3 is 2.50 bits per heavy atom. The minimum Gasteiger partial charge on any atom is -0.327 e. The molecule has 0 aromatic heterocycles. The molecule has 0 saturated carbocycles. The molecule has 1 unspecified atom stereocenters. The quantitative estimate of drug-likeness (QED) is 0.868. The van der Waals surface area contributed by atoms with Crippen molar-refractivity contribution in [3.8, 4) is 0 Å². The Morgan fingerprint density at radius 2 is 2.00 bits per heavy atom. The molecule has 1 aromatic carbocycles. The van der Waals surface area contributed by atoms with E-state index in [9.17, 15) is 4.39 Å². The third kappa shape index (κ3) is 1.98. The van der Waals surface area contributed by atoms with Gasteiger partial charge in [-0.2, -0.15) is 0 Å². The third-order valence-electron chi connectivity index (χ3n) is 2.78. The van der Waals surface area contributed by atoms with Crippen LogP contribution in [0.2, 0.25) is 0 Å². The van der Waals surface area contributed by atoms with Gasteiger partial charge in [-0.25, -0.2) is 4.39 Å². The third-order valence-corrected chi connectivity index (χ3v) is 3.40. The molecule has 1 nitrogen and oxygen atoms in total. The molecule has 1 aromatic rings. The van der Waals surface area contributed by atoms with Gasteiger partial charge in [-0.05, 0) is 34.5 Å². The van der Waals surface area contributed by atoms with Crippen LogP contribution in [0.15, 0.2) is 22.7 Å². The summed E-state index contributed by atoms with van der Waals surface area (Å²) in [5.74, 6) is -0.213. The molecule has 0 radical (unpaired) electrons.